The fourth-order valence-corrected chi connectivity index (χ4v) is 3.19. The van der Waals surface area contributed by atoms with Crippen molar-refractivity contribution in [2.24, 2.45) is 0 Å². The van der Waals surface area contributed by atoms with E-state index in [0.717, 1.165) is 32.6 Å². The molecule has 1 aliphatic heterocycles. The van der Waals surface area contributed by atoms with E-state index in [2.05, 4.69) is 27.0 Å². The van der Waals surface area contributed by atoms with Crippen LogP contribution in [-0.4, -0.2) is 70.7 Å². The summed E-state index contributed by atoms with van der Waals surface area (Å²) in [5.74, 6) is -0.00685. The van der Waals surface area contributed by atoms with Gasteiger partial charge in [0.15, 0.2) is 5.13 Å². The zero-order chi connectivity index (χ0) is 15.2. The number of aromatic nitrogens is 1. The van der Waals surface area contributed by atoms with Crippen molar-refractivity contribution in [3.8, 4) is 0 Å². The predicted molar refractivity (Wildman–Crippen MR) is 84.5 cm³/mol. The van der Waals surface area contributed by atoms with E-state index in [1.54, 1.807) is 6.20 Å². The van der Waals surface area contributed by atoms with Crippen LogP contribution in [0.3, 0.4) is 0 Å². The molecule has 1 aliphatic rings. The summed E-state index contributed by atoms with van der Waals surface area (Å²) in [6, 6.07) is 0.0804. The Morgan fingerprint density at radius 2 is 2.10 bits per heavy atom. The molecular formula is C14H24N4O2S. The first-order chi connectivity index (χ1) is 10.2. The van der Waals surface area contributed by atoms with E-state index in [0.29, 0.717) is 5.13 Å². The van der Waals surface area contributed by atoms with Crippen LogP contribution in [0.1, 0.15) is 20.3 Å². The number of aliphatic hydroxyl groups is 1. The van der Waals surface area contributed by atoms with E-state index in [1.807, 2.05) is 12.3 Å². The highest BCUT2D eigenvalue weighted by Gasteiger charge is 2.28. The molecule has 1 amide bonds. The second-order valence-corrected chi connectivity index (χ2v) is 6.21. The lowest BCUT2D eigenvalue weighted by molar-refractivity contribution is -0.121. The smallest absolute Gasteiger partial charge is 0.243 e. The Morgan fingerprint density at radius 3 is 2.62 bits per heavy atom. The Bertz CT molecular complexity index is 428. The van der Waals surface area contributed by atoms with E-state index in [4.69, 9.17) is 0 Å². The maximum absolute atomic E-state index is 12.2. The fourth-order valence-electron chi connectivity index (χ4n) is 2.65. The second kappa shape index (κ2) is 7.84. The molecule has 118 valence electrons. The van der Waals surface area contributed by atoms with Crippen LogP contribution in [0.4, 0.5) is 5.13 Å². The molecule has 1 saturated heterocycles. The molecule has 1 aromatic rings. The highest BCUT2D eigenvalue weighted by molar-refractivity contribution is 7.13. The molecule has 1 fully saturated rings. The molecule has 2 heterocycles. The zero-order valence-corrected chi connectivity index (χ0v) is 13.5. The summed E-state index contributed by atoms with van der Waals surface area (Å²) >= 11 is 1.43. The summed E-state index contributed by atoms with van der Waals surface area (Å²) in [5, 5.41) is 14.7. The van der Waals surface area contributed by atoms with Gasteiger partial charge >= 0.3 is 0 Å². The number of carbonyl (C=O) groups excluding carboxylic acids is 1. The molecule has 6 nitrogen and oxygen atoms in total. The van der Waals surface area contributed by atoms with Crippen LogP contribution in [0.5, 0.6) is 0 Å². The second-order valence-electron chi connectivity index (χ2n) is 5.32. The summed E-state index contributed by atoms with van der Waals surface area (Å²) in [7, 11) is 0. The third-order valence-corrected chi connectivity index (χ3v) is 4.83. The van der Waals surface area contributed by atoms with E-state index in [9.17, 15) is 9.90 Å². The minimum Gasteiger partial charge on any atom is -0.395 e. The molecule has 1 aromatic heterocycles. The molecule has 0 spiro atoms. The summed E-state index contributed by atoms with van der Waals surface area (Å²) in [6.07, 6.45) is 2.64. The Morgan fingerprint density at radius 1 is 1.43 bits per heavy atom. The van der Waals surface area contributed by atoms with E-state index in [1.165, 1.54) is 11.3 Å². The summed E-state index contributed by atoms with van der Waals surface area (Å²) in [5.41, 5.74) is 0. The molecule has 2 unspecified atom stereocenters. The monoisotopic (exact) mass is 312 g/mol. The van der Waals surface area contributed by atoms with Crippen LogP contribution in [0.25, 0.3) is 0 Å². The van der Waals surface area contributed by atoms with Crippen molar-refractivity contribution in [3.63, 3.8) is 0 Å². The lowest BCUT2D eigenvalue weighted by Gasteiger charge is -2.40. The molecule has 0 aromatic carbocycles. The first kappa shape index (κ1) is 16.4. The van der Waals surface area contributed by atoms with Crippen molar-refractivity contribution < 1.29 is 9.90 Å². The van der Waals surface area contributed by atoms with Crippen molar-refractivity contribution in [2.75, 3.05) is 38.1 Å². The van der Waals surface area contributed by atoms with Gasteiger partial charge in [0.05, 0.1) is 12.6 Å². The minimum atomic E-state index is -0.162. The van der Waals surface area contributed by atoms with Crippen molar-refractivity contribution >= 4 is 22.4 Å². The van der Waals surface area contributed by atoms with Crippen LogP contribution >= 0.6 is 11.3 Å². The van der Waals surface area contributed by atoms with Gasteiger partial charge in [0.25, 0.3) is 0 Å². The number of hydrogen-bond acceptors (Lipinski definition) is 6. The van der Waals surface area contributed by atoms with Gasteiger partial charge in [-0.15, -0.1) is 11.3 Å². The van der Waals surface area contributed by atoms with Gasteiger partial charge in [0.2, 0.25) is 5.91 Å². The van der Waals surface area contributed by atoms with Gasteiger partial charge in [0, 0.05) is 43.8 Å². The van der Waals surface area contributed by atoms with Gasteiger partial charge in [-0.05, 0) is 13.3 Å². The third kappa shape index (κ3) is 4.23. The van der Waals surface area contributed by atoms with Gasteiger partial charge in [-0.1, -0.05) is 6.92 Å². The van der Waals surface area contributed by atoms with Gasteiger partial charge in [-0.2, -0.15) is 0 Å². The number of nitrogens with zero attached hydrogens (tertiary/aromatic N) is 3. The number of nitrogens with one attached hydrogen (secondary N) is 1. The van der Waals surface area contributed by atoms with Crippen molar-refractivity contribution in [1.82, 2.24) is 14.8 Å². The molecule has 2 atom stereocenters. The number of rotatable bonds is 6. The molecule has 0 bridgehead atoms. The lowest BCUT2D eigenvalue weighted by Crippen LogP contribution is -2.55. The molecule has 2 N–H and O–H groups in total. The van der Waals surface area contributed by atoms with Crippen molar-refractivity contribution in [1.29, 1.82) is 0 Å². The summed E-state index contributed by atoms with van der Waals surface area (Å²) < 4.78 is 0. The normalized spacial score (nSPS) is 20.1. The Balaban J connectivity index is 1.82. The van der Waals surface area contributed by atoms with Gasteiger partial charge in [0.1, 0.15) is 0 Å². The lowest BCUT2D eigenvalue weighted by atomic mass is 10.1. The number of thiazole rings is 1. The van der Waals surface area contributed by atoms with Gasteiger partial charge < -0.3 is 10.4 Å². The van der Waals surface area contributed by atoms with Crippen LogP contribution in [0, 0.1) is 0 Å². The number of aliphatic hydroxyl groups excluding tert-OH is 1. The zero-order valence-electron chi connectivity index (χ0n) is 12.7. The molecule has 2 rings (SSSR count). The number of amides is 1. The average molecular weight is 312 g/mol. The quantitative estimate of drug-likeness (QED) is 0.815. The number of carbonyl (C=O) groups is 1. The molecule has 0 radical (unpaired) electrons. The van der Waals surface area contributed by atoms with Crippen LogP contribution in [0.15, 0.2) is 11.6 Å². The predicted octanol–water partition coefficient (Wildman–Crippen LogP) is 0.859. The summed E-state index contributed by atoms with van der Waals surface area (Å²) in [6.45, 7) is 7.73. The first-order valence-electron chi connectivity index (χ1n) is 7.45. The van der Waals surface area contributed by atoms with Crippen LogP contribution in [0.2, 0.25) is 0 Å². The Hall–Kier alpha value is -1.02. The maximum Gasteiger partial charge on any atom is 0.243 e. The highest BCUT2D eigenvalue weighted by Crippen LogP contribution is 2.14. The maximum atomic E-state index is 12.2. The van der Waals surface area contributed by atoms with Crippen molar-refractivity contribution in [3.05, 3.63) is 11.6 Å². The first-order valence-corrected chi connectivity index (χ1v) is 8.33. The van der Waals surface area contributed by atoms with Crippen LogP contribution in [-0.2, 0) is 4.79 Å². The molecular weight excluding hydrogens is 288 g/mol. The fraction of sp³-hybridized carbons (Fsp3) is 0.714. The minimum absolute atomic E-state index is 0.00685. The average Bonchev–Trinajstić information content (AvgIpc) is 3.01. The largest absolute Gasteiger partial charge is 0.395 e. The van der Waals surface area contributed by atoms with Crippen molar-refractivity contribution in [2.45, 2.75) is 32.4 Å². The molecule has 7 heteroatoms. The Labute approximate surface area is 129 Å². The molecule has 0 saturated carbocycles. The SMILES string of the molecule is CCC(CO)N1CCN(C(C)C(=O)Nc2nccs2)CC1. The van der Waals surface area contributed by atoms with Gasteiger partial charge in [-0.3, -0.25) is 14.6 Å². The number of anilines is 1. The number of piperazine rings is 1. The van der Waals surface area contributed by atoms with Crippen LogP contribution < -0.4 is 5.32 Å². The van der Waals surface area contributed by atoms with Gasteiger partial charge in [-0.25, -0.2) is 4.98 Å². The molecule has 0 aliphatic carbocycles. The molecule has 21 heavy (non-hydrogen) atoms. The van der Waals surface area contributed by atoms with E-state index < -0.39 is 0 Å². The van der Waals surface area contributed by atoms with E-state index >= 15 is 0 Å². The Kier molecular flexibility index (Phi) is 6.10. The standard InChI is InChI=1S/C14H24N4O2S/c1-3-12(10-19)18-7-5-17(6-8-18)11(2)13(20)16-14-15-4-9-21-14/h4,9,11-12,19H,3,5-8,10H2,1-2H3,(H,15,16,20). The highest BCUT2D eigenvalue weighted by atomic mass is 32.1. The summed E-state index contributed by atoms with van der Waals surface area (Å²) in [4.78, 5) is 20.8. The van der Waals surface area contributed by atoms with E-state index in [-0.39, 0.29) is 24.6 Å². The number of hydrogen-bond donors (Lipinski definition) is 2. The third-order valence-electron chi connectivity index (χ3n) is 4.14. The topological polar surface area (TPSA) is 68.7 Å².